The number of hydrogen-bond acceptors (Lipinski definition) is 4. The van der Waals surface area contributed by atoms with E-state index in [0.717, 1.165) is 22.5 Å². The Morgan fingerprint density at radius 2 is 1.66 bits per heavy atom. The lowest BCUT2D eigenvalue weighted by atomic mass is 10.2. The second kappa shape index (κ2) is 7.25. The van der Waals surface area contributed by atoms with Gasteiger partial charge in [0.25, 0.3) is 10.0 Å². The number of aryl methyl sites for hydroxylation is 1. The minimum absolute atomic E-state index is 0.00799. The minimum atomic E-state index is -4.05. The van der Waals surface area contributed by atoms with Crippen LogP contribution in [0.4, 0.5) is 14.5 Å². The minimum Gasteiger partial charge on any atom is -0.285 e. The highest BCUT2D eigenvalue weighted by Crippen LogP contribution is 2.26. The van der Waals surface area contributed by atoms with E-state index in [1.165, 1.54) is 12.3 Å². The number of nitrogens with zero attached hydrogens (tertiary/aromatic N) is 4. The number of rotatable bonds is 5. The summed E-state index contributed by atoms with van der Waals surface area (Å²) in [7, 11) is -4.05. The number of fused-ring (bicyclic) bond motifs is 1. The van der Waals surface area contributed by atoms with E-state index in [9.17, 15) is 17.2 Å². The van der Waals surface area contributed by atoms with E-state index in [0.29, 0.717) is 17.2 Å². The summed E-state index contributed by atoms with van der Waals surface area (Å²) in [6.07, 6.45) is 1.43. The molecule has 4 aromatic rings. The van der Waals surface area contributed by atoms with Crippen molar-refractivity contribution in [3.8, 4) is 0 Å². The number of para-hydroxylation sites is 1. The van der Waals surface area contributed by atoms with Gasteiger partial charge in [-0.1, -0.05) is 18.2 Å². The highest BCUT2D eigenvalue weighted by atomic mass is 32.2. The van der Waals surface area contributed by atoms with Crippen LogP contribution < -0.4 is 4.31 Å². The molecule has 0 aliphatic carbocycles. The normalized spacial score (nSPS) is 11.7. The van der Waals surface area contributed by atoms with Crippen LogP contribution in [0.2, 0.25) is 0 Å². The standard InChI is InChI=1S/C20H16F2N4O2S/c1-14-23-24-20-8-7-19(13-25(14)20)29(27,28)26(18-5-3-2-4-6-18)12-15-9-16(21)11-17(22)10-15/h2-11,13H,12H2,1H3. The molecule has 0 fully saturated rings. The van der Waals surface area contributed by atoms with Gasteiger partial charge < -0.3 is 0 Å². The third kappa shape index (κ3) is 3.68. The van der Waals surface area contributed by atoms with Crippen molar-refractivity contribution in [2.45, 2.75) is 18.4 Å². The van der Waals surface area contributed by atoms with Gasteiger partial charge in [0.05, 0.1) is 12.2 Å². The Morgan fingerprint density at radius 3 is 2.34 bits per heavy atom. The molecule has 148 valence electrons. The van der Waals surface area contributed by atoms with Gasteiger partial charge in [0.15, 0.2) is 5.65 Å². The molecule has 0 aliphatic rings. The maximum atomic E-state index is 13.7. The first-order valence-corrected chi connectivity index (χ1v) is 10.1. The lowest BCUT2D eigenvalue weighted by Crippen LogP contribution is -2.30. The second-order valence-corrected chi connectivity index (χ2v) is 8.33. The lowest BCUT2D eigenvalue weighted by molar-refractivity contribution is 0.576. The summed E-state index contributed by atoms with van der Waals surface area (Å²) in [4.78, 5) is 0.00799. The van der Waals surface area contributed by atoms with Crippen LogP contribution in [0.1, 0.15) is 11.4 Å². The van der Waals surface area contributed by atoms with Crippen LogP contribution in [0.25, 0.3) is 5.65 Å². The van der Waals surface area contributed by atoms with Gasteiger partial charge in [-0.05, 0) is 48.9 Å². The van der Waals surface area contributed by atoms with E-state index in [1.54, 1.807) is 47.7 Å². The quantitative estimate of drug-likeness (QED) is 0.499. The van der Waals surface area contributed by atoms with Crippen molar-refractivity contribution in [1.82, 2.24) is 14.6 Å². The third-order valence-corrected chi connectivity index (χ3v) is 6.18. The number of hydrogen-bond donors (Lipinski definition) is 0. The third-order valence-electron chi connectivity index (χ3n) is 4.43. The van der Waals surface area contributed by atoms with Crippen LogP contribution in [0.3, 0.4) is 0 Å². The lowest BCUT2D eigenvalue weighted by Gasteiger charge is -2.25. The largest absolute Gasteiger partial charge is 0.285 e. The van der Waals surface area contributed by atoms with Crippen LogP contribution in [0.15, 0.2) is 71.8 Å². The number of anilines is 1. The predicted molar refractivity (Wildman–Crippen MR) is 104 cm³/mol. The van der Waals surface area contributed by atoms with Crippen molar-refractivity contribution in [3.63, 3.8) is 0 Å². The molecule has 0 aliphatic heterocycles. The van der Waals surface area contributed by atoms with Gasteiger partial charge in [0.2, 0.25) is 0 Å². The van der Waals surface area contributed by atoms with Gasteiger partial charge >= 0.3 is 0 Å². The molecule has 9 heteroatoms. The van der Waals surface area contributed by atoms with Gasteiger partial charge in [-0.25, -0.2) is 17.2 Å². The summed E-state index contributed by atoms with van der Waals surface area (Å²) < 4.78 is 56.9. The number of aromatic nitrogens is 3. The van der Waals surface area contributed by atoms with Gasteiger partial charge in [-0.2, -0.15) is 0 Å². The Kier molecular flexibility index (Phi) is 4.75. The molecular weight excluding hydrogens is 398 g/mol. The van der Waals surface area contributed by atoms with E-state index in [-0.39, 0.29) is 17.0 Å². The van der Waals surface area contributed by atoms with Crippen molar-refractivity contribution in [2.24, 2.45) is 0 Å². The molecular formula is C20H16F2N4O2S. The monoisotopic (exact) mass is 414 g/mol. The van der Waals surface area contributed by atoms with Gasteiger partial charge in [-0.15, -0.1) is 10.2 Å². The first kappa shape index (κ1) is 19.0. The molecule has 0 N–H and O–H groups in total. The molecule has 0 amide bonds. The van der Waals surface area contributed by atoms with Crippen molar-refractivity contribution in [2.75, 3.05) is 4.31 Å². The topological polar surface area (TPSA) is 67.6 Å². The molecule has 2 heterocycles. The number of sulfonamides is 1. The number of pyridine rings is 1. The van der Waals surface area contributed by atoms with Crippen LogP contribution >= 0.6 is 0 Å². The number of benzene rings is 2. The summed E-state index contributed by atoms with van der Waals surface area (Å²) in [6, 6.07) is 14.3. The van der Waals surface area contributed by atoms with Crippen molar-refractivity contribution < 1.29 is 17.2 Å². The zero-order valence-corrected chi connectivity index (χ0v) is 16.1. The van der Waals surface area contributed by atoms with Crippen LogP contribution in [0.5, 0.6) is 0 Å². The molecule has 0 atom stereocenters. The first-order chi connectivity index (χ1) is 13.8. The maximum absolute atomic E-state index is 13.7. The summed E-state index contributed by atoms with van der Waals surface area (Å²) in [5.41, 5.74) is 1.08. The van der Waals surface area contributed by atoms with Gasteiger partial charge in [0, 0.05) is 12.3 Å². The summed E-state index contributed by atoms with van der Waals surface area (Å²) in [6.45, 7) is 1.47. The van der Waals surface area contributed by atoms with Gasteiger partial charge in [-0.3, -0.25) is 8.71 Å². The molecule has 0 radical (unpaired) electrons. The van der Waals surface area contributed by atoms with Crippen molar-refractivity contribution >= 4 is 21.4 Å². The maximum Gasteiger partial charge on any atom is 0.266 e. The Hall–Kier alpha value is -3.33. The number of halogens is 2. The predicted octanol–water partition coefficient (Wildman–Crippen LogP) is 3.71. The Balaban J connectivity index is 1.83. The second-order valence-electron chi connectivity index (χ2n) is 6.47. The molecule has 0 bridgehead atoms. The first-order valence-electron chi connectivity index (χ1n) is 8.69. The molecule has 2 aromatic heterocycles. The zero-order valence-electron chi connectivity index (χ0n) is 15.3. The van der Waals surface area contributed by atoms with Crippen molar-refractivity contribution in [3.05, 3.63) is 89.9 Å². The molecule has 0 saturated carbocycles. The van der Waals surface area contributed by atoms with Gasteiger partial charge in [0.1, 0.15) is 22.4 Å². The highest BCUT2D eigenvalue weighted by Gasteiger charge is 2.26. The fourth-order valence-corrected chi connectivity index (χ4v) is 4.49. The van der Waals surface area contributed by atoms with E-state index >= 15 is 0 Å². The average Bonchev–Trinajstić information content (AvgIpc) is 3.06. The van der Waals surface area contributed by atoms with E-state index in [2.05, 4.69) is 10.2 Å². The fourth-order valence-electron chi connectivity index (χ4n) is 3.04. The van der Waals surface area contributed by atoms with Crippen LogP contribution in [-0.2, 0) is 16.6 Å². The summed E-state index contributed by atoms with van der Waals surface area (Å²) in [5, 5.41) is 7.88. The SMILES string of the molecule is Cc1nnc2ccc(S(=O)(=O)N(Cc3cc(F)cc(F)c3)c3ccccc3)cn12. The Bertz CT molecular complexity index is 1270. The summed E-state index contributed by atoms with van der Waals surface area (Å²) in [5.74, 6) is -1.01. The van der Waals surface area contributed by atoms with Crippen molar-refractivity contribution in [1.29, 1.82) is 0 Å². The molecule has 6 nitrogen and oxygen atoms in total. The Morgan fingerprint density at radius 1 is 0.966 bits per heavy atom. The molecule has 0 saturated heterocycles. The van der Waals surface area contributed by atoms with E-state index < -0.39 is 21.7 Å². The Labute approximate surface area is 166 Å². The molecule has 2 aromatic carbocycles. The van der Waals surface area contributed by atoms with Crippen LogP contribution in [0, 0.1) is 18.6 Å². The summed E-state index contributed by atoms with van der Waals surface area (Å²) >= 11 is 0. The van der Waals surface area contributed by atoms with Crippen LogP contribution in [-0.4, -0.2) is 23.0 Å². The molecule has 0 unspecified atom stereocenters. The van der Waals surface area contributed by atoms with E-state index in [1.807, 2.05) is 0 Å². The van der Waals surface area contributed by atoms with E-state index in [4.69, 9.17) is 0 Å². The zero-order chi connectivity index (χ0) is 20.6. The fraction of sp³-hybridized carbons (Fsp3) is 0.100. The molecule has 0 spiro atoms. The molecule has 29 heavy (non-hydrogen) atoms. The average molecular weight is 414 g/mol. The highest BCUT2D eigenvalue weighted by molar-refractivity contribution is 7.92. The smallest absolute Gasteiger partial charge is 0.266 e. The molecule has 4 rings (SSSR count).